The van der Waals surface area contributed by atoms with Crippen molar-refractivity contribution >= 4 is 5.69 Å². The van der Waals surface area contributed by atoms with Gasteiger partial charge in [0.2, 0.25) is 6.04 Å². The number of hydrogen-bond donors (Lipinski definition) is 2. The second-order valence-electron chi connectivity index (χ2n) is 3.40. The summed E-state index contributed by atoms with van der Waals surface area (Å²) in [5, 5.41) is 22.4. The zero-order valence-electron chi connectivity index (χ0n) is 8.51. The standard InChI is InChI=1S/C10H14N2O3/c1-8(12(14)15)6-7-11-9-2-4-10(13)5-3-9/h2-5,8,11,13H,6-7H2,1H3. The molecule has 0 aliphatic heterocycles. The summed E-state index contributed by atoms with van der Waals surface area (Å²) in [5.74, 6) is 0.208. The molecule has 1 atom stereocenters. The first-order valence-electron chi connectivity index (χ1n) is 4.76. The van der Waals surface area contributed by atoms with Crippen LogP contribution in [0.5, 0.6) is 5.75 Å². The number of rotatable bonds is 5. The zero-order valence-corrected chi connectivity index (χ0v) is 8.51. The van der Waals surface area contributed by atoms with Crippen molar-refractivity contribution < 1.29 is 10.0 Å². The van der Waals surface area contributed by atoms with Crippen molar-refractivity contribution in [1.29, 1.82) is 0 Å². The molecule has 0 aliphatic carbocycles. The van der Waals surface area contributed by atoms with E-state index in [1.165, 1.54) is 0 Å². The van der Waals surface area contributed by atoms with E-state index in [-0.39, 0.29) is 10.7 Å². The third-order valence-corrected chi connectivity index (χ3v) is 2.12. The molecule has 5 nitrogen and oxygen atoms in total. The highest BCUT2D eigenvalue weighted by atomic mass is 16.6. The summed E-state index contributed by atoms with van der Waals surface area (Å²) in [4.78, 5) is 10.0. The number of phenolic OH excluding ortho intramolecular Hbond substituents is 1. The van der Waals surface area contributed by atoms with Crippen molar-refractivity contribution in [2.75, 3.05) is 11.9 Å². The summed E-state index contributed by atoms with van der Waals surface area (Å²) in [5.41, 5.74) is 0.850. The van der Waals surface area contributed by atoms with Crippen molar-refractivity contribution in [3.63, 3.8) is 0 Å². The number of anilines is 1. The molecule has 0 spiro atoms. The van der Waals surface area contributed by atoms with Gasteiger partial charge in [0, 0.05) is 30.5 Å². The smallest absolute Gasteiger partial charge is 0.212 e. The molecule has 1 unspecified atom stereocenters. The molecular weight excluding hydrogens is 196 g/mol. The van der Waals surface area contributed by atoms with Gasteiger partial charge in [-0.3, -0.25) is 10.1 Å². The maximum absolute atomic E-state index is 10.3. The molecule has 1 aromatic rings. The van der Waals surface area contributed by atoms with Gasteiger partial charge >= 0.3 is 0 Å². The van der Waals surface area contributed by atoms with Gasteiger partial charge in [-0.05, 0) is 24.3 Å². The fraction of sp³-hybridized carbons (Fsp3) is 0.400. The van der Waals surface area contributed by atoms with Crippen LogP contribution in [0, 0.1) is 10.1 Å². The Kier molecular flexibility index (Phi) is 3.91. The summed E-state index contributed by atoms with van der Waals surface area (Å²) in [6, 6.07) is 6.06. The number of nitro groups is 1. The van der Waals surface area contributed by atoms with Gasteiger partial charge in [-0.25, -0.2) is 0 Å². The van der Waals surface area contributed by atoms with E-state index >= 15 is 0 Å². The Bertz CT molecular complexity index is 324. The SMILES string of the molecule is CC(CCNc1ccc(O)cc1)[N+](=O)[O-]. The summed E-state index contributed by atoms with van der Waals surface area (Å²) in [6.07, 6.45) is 0.480. The van der Waals surface area contributed by atoms with E-state index in [9.17, 15) is 10.1 Å². The summed E-state index contributed by atoms with van der Waals surface area (Å²) in [7, 11) is 0. The summed E-state index contributed by atoms with van der Waals surface area (Å²) < 4.78 is 0. The minimum atomic E-state index is -0.533. The van der Waals surface area contributed by atoms with Gasteiger partial charge in [-0.1, -0.05) is 0 Å². The fourth-order valence-electron chi connectivity index (χ4n) is 1.11. The number of hydrogen-bond acceptors (Lipinski definition) is 4. The zero-order chi connectivity index (χ0) is 11.3. The Morgan fingerprint density at radius 3 is 2.60 bits per heavy atom. The lowest BCUT2D eigenvalue weighted by Gasteiger charge is -2.07. The van der Waals surface area contributed by atoms with Crippen LogP contribution in [0.1, 0.15) is 13.3 Å². The van der Waals surface area contributed by atoms with Gasteiger partial charge in [0.05, 0.1) is 0 Å². The van der Waals surface area contributed by atoms with Crippen LogP contribution in [-0.2, 0) is 0 Å². The van der Waals surface area contributed by atoms with Gasteiger partial charge in [-0.2, -0.15) is 0 Å². The molecule has 15 heavy (non-hydrogen) atoms. The predicted octanol–water partition coefficient (Wildman–Crippen LogP) is 1.86. The van der Waals surface area contributed by atoms with Crippen molar-refractivity contribution in [1.82, 2.24) is 0 Å². The number of nitrogens with zero attached hydrogens (tertiary/aromatic N) is 1. The van der Waals surface area contributed by atoms with Crippen LogP contribution in [0.25, 0.3) is 0 Å². The Hall–Kier alpha value is -1.78. The lowest BCUT2D eigenvalue weighted by molar-refractivity contribution is -0.518. The molecule has 0 saturated carbocycles. The lowest BCUT2D eigenvalue weighted by atomic mass is 10.2. The number of aromatic hydroxyl groups is 1. The van der Waals surface area contributed by atoms with E-state index in [2.05, 4.69) is 5.32 Å². The molecule has 2 N–H and O–H groups in total. The number of nitrogens with one attached hydrogen (secondary N) is 1. The minimum Gasteiger partial charge on any atom is -0.508 e. The fourth-order valence-corrected chi connectivity index (χ4v) is 1.11. The molecule has 0 amide bonds. The van der Waals surface area contributed by atoms with E-state index in [0.29, 0.717) is 13.0 Å². The van der Waals surface area contributed by atoms with Gasteiger partial charge in [0.15, 0.2) is 0 Å². The van der Waals surface area contributed by atoms with E-state index < -0.39 is 6.04 Å². The summed E-state index contributed by atoms with van der Waals surface area (Å²) >= 11 is 0. The number of benzene rings is 1. The van der Waals surface area contributed by atoms with Gasteiger partial charge in [-0.15, -0.1) is 0 Å². The van der Waals surface area contributed by atoms with Crippen LogP contribution in [-0.4, -0.2) is 22.6 Å². The molecular formula is C10H14N2O3. The predicted molar refractivity (Wildman–Crippen MR) is 57.7 cm³/mol. The molecule has 0 radical (unpaired) electrons. The topological polar surface area (TPSA) is 75.4 Å². The summed E-state index contributed by atoms with van der Waals surface area (Å²) in [6.45, 7) is 2.13. The molecule has 0 saturated heterocycles. The molecule has 0 bridgehead atoms. The van der Waals surface area contributed by atoms with Crippen molar-refractivity contribution in [2.24, 2.45) is 0 Å². The van der Waals surface area contributed by atoms with Crippen molar-refractivity contribution in [2.45, 2.75) is 19.4 Å². The van der Waals surface area contributed by atoms with Gasteiger partial charge in [0.25, 0.3) is 0 Å². The van der Waals surface area contributed by atoms with Crippen molar-refractivity contribution in [3.05, 3.63) is 34.4 Å². The molecule has 0 fully saturated rings. The van der Waals surface area contributed by atoms with Crippen LogP contribution in [0.15, 0.2) is 24.3 Å². The molecule has 1 rings (SSSR count). The first-order chi connectivity index (χ1) is 7.09. The highest BCUT2D eigenvalue weighted by Gasteiger charge is 2.11. The monoisotopic (exact) mass is 210 g/mol. The third kappa shape index (κ3) is 3.84. The second-order valence-corrected chi connectivity index (χ2v) is 3.40. The highest BCUT2D eigenvalue weighted by molar-refractivity contribution is 5.45. The molecule has 1 aromatic carbocycles. The minimum absolute atomic E-state index is 0.208. The molecule has 0 aromatic heterocycles. The van der Waals surface area contributed by atoms with Crippen molar-refractivity contribution in [3.8, 4) is 5.75 Å². The van der Waals surface area contributed by atoms with Crippen LogP contribution in [0.3, 0.4) is 0 Å². The molecule has 0 aliphatic rings. The first kappa shape index (κ1) is 11.3. The second kappa shape index (κ2) is 5.19. The maximum Gasteiger partial charge on any atom is 0.212 e. The highest BCUT2D eigenvalue weighted by Crippen LogP contribution is 2.13. The number of phenols is 1. The van der Waals surface area contributed by atoms with Gasteiger partial charge < -0.3 is 10.4 Å². The average molecular weight is 210 g/mol. The first-order valence-corrected chi connectivity index (χ1v) is 4.76. The van der Waals surface area contributed by atoms with E-state index in [1.807, 2.05) is 0 Å². The largest absolute Gasteiger partial charge is 0.508 e. The normalized spacial score (nSPS) is 12.1. The lowest BCUT2D eigenvalue weighted by Crippen LogP contribution is -2.18. The maximum atomic E-state index is 10.3. The Balaban J connectivity index is 2.32. The molecule has 0 heterocycles. The average Bonchev–Trinajstić information content (AvgIpc) is 2.20. The quantitative estimate of drug-likeness (QED) is 0.442. The van der Waals surface area contributed by atoms with Crippen LogP contribution >= 0.6 is 0 Å². The van der Waals surface area contributed by atoms with Crippen LogP contribution in [0.2, 0.25) is 0 Å². The Morgan fingerprint density at radius 2 is 2.07 bits per heavy atom. The van der Waals surface area contributed by atoms with E-state index in [0.717, 1.165) is 5.69 Å². The van der Waals surface area contributed by atoms with Crippen LogP contribution in [0.4, 0.5) is 5.69 Å². The molecule has 82 valence electrons. The Labute approximate surface area is 87.9 Å². The third-order valence-electron chi connectivity index (χ3n) is 2.12. The van der Waals surface area contributed by atoms with E-state index in [1.54, 1.807) is 31.2 Å². The Morgan fingerprint density at radius 1 is 1.47 bits per heavy atom. The molecule has 5 heteroatoms. The van der Waals surface area contributed by atoms with Gasteiger partial charge in [0.1, 0.15) is 5.75 Å². The van der Waals surface area contributed by atoms with Crippen LogP contribution < -0.4 is 5.32 Å². The van der Waals surface area contributed by atoms with E-state index in [4.69, 9.17) is 5.11 Å².